The molecule has 56 heavy (non-hydrogen) atoms. The second kappa shape index (κ2) is 12.4. The molecule has 0 unspecified atom stereocenters. The molecule has 10 aromatic rings. The second-order valence-electron chi connectivity index (χ2n) is 15.3. The van der Waals surface area contributed by atoms with Crippen molar-refractivity contribution < 1.29 is 0 Å². The molecule has 0 radical (unpaired) electrons. The third kappa shape index (κ3) is 5.03. The number of rotatable bonds is 5. The van der Waals surface area contributed by atoms with Crippen LogP contribution in [0.2, 0.25) is 0 Å². The van der Waals surface area contributed by atoms with Crippen LogP contribution in [0.25, 0.3) is 94.7 Å². The standard InChI is InChI=1S/C52H36N4/c1-52(2)44-20-10-8-17-40(44)41-30-29-38(32-45(41)52)50-53-49(35-26-23-34(24-27-35)37-28-25-33-13-6-7-14-36(33)31-37)54-51(55-50)43-19-12-22-47-48(43)42-18-9-11-21-46(42)56(47)39-15-4-3-5-16-39/h3-32H,1-2H3. The zero-order valence-corrected chi connectivity index (χ0v) is 31.1. The number of aromatic nitrogens is 4. The third-order valence-corrected chi connectivity index (χ3v) is 11.7. The quantitative estimate of drug-likeness (QED) is 0.178. The van der Waals surface area contributed by atoms with Crippen molar-refractivity contribution in [2.75, 3.05) is 0 Å². The molecule has 0 aliphatic heterocycles. The van der Waals surface area contributed by atoms with Gasteiger partial charge in [-0.1, -0.05) is 159 Å². The Morgan fingerprint density at radius 2 is 1.00 bits per heavy atom. The van der Waals surface area contributed by atoms with Gasteiger partial charge in [0.25, 0.3) is 0 Å². The highest BCUT2D eigenvalue weighted by Gasteiger charge is 2.35. The van der Waals surface area contributed by atoms with Crippen LogP contribution >= 0.6 is 0 Å². The van der Waals surface area contributed by atoms with Gasteiger partial charge in [-0.2, -0.15) is 0 Å². The highest BCUT2D eigenvalue weighted by molar-refractivity contribution is 6.15. The predicted octanol–water partition coefficient (Wildman–Crippen LogP) is 13.1. The number of hydrogen-bond donors (Lipinski definition) is 0. The lowest BCUT2D eigenvalue weighted by molar-refractivity contribution is 0.660. The Hall–Kier alpha value is -7.17. The first kappa shape index (κ1) is 32.3. The van der Waals surface area contributed by atoms with Crippen LogP contribution in [0, 0.1) is 0 Å². The SMILES string of the molecule is CC1(C)c2ccccc2-c2ccc(-c3nc(-c4ccc(-c5ccc6ccccc6c5)cc4)nc(-c4cccc5c4c4ccccc4n5-c4ccccc4)n3)cc21. The Morgan fingerprint density at radius 3 is 1.86 bits per heavy atom. The summed E-state index contributed by atoms with van der Waals surface area (Å²) >= 11 is 0. The molecule has 0 fully saturated rings. The molecule has 0 bridgehead atoms. The summed E-state index contributed by atoms with van der Waals surface area (Å²) in [5.74, 6) is 1.94. The first-order valence-electron chi connectivity index (χ1n) is 19.2. The van der Waals surface area contributed by atoms with E-state index in [2.05, 4.69) is 200 Å². The fraction of sp³-hybridized carbons (Fsp3) is 0.0577. The molecule has 0 N–H and O–H groups in total. The van der Waals surface area contributed by atoms with Crippen LogP contribution in [-0.4, -0.2) is 19.5 Å². The second-order valence-corrected chi connectivity index (χ2v) is 15.3. The maximum atomic E-state index is 5.32. The molecule has 4 heteroatoms. The first-order chi connectivity index (χ1) is 27.5. The van der Waals surface area contributed by atoms with Gasteiger partial charge in [-0.3, -0.25) is 0 Å². The van der Waals surface area contributed by atoms with Crippen molar-refractivity contribution in [1.29, 1.82) is 0 Å². The van der Waals surface area contributed by atoms with E-state index in [1.54, 1.807) is 0 Å². The van der Waals surface area contributed by atoms with Gasteiger partial charge in [0.2, 0.25) is 0 Å². The van der Waals surface area contributed by atoms with Gasteiger partial charge in [-0.25, -0.2) is 15.0 Å². The summed E-state index contributed by atoms with van der Waals surface area (Å²) in [6, 6.07) is 64.8. The first-order valence-corrected chi connectivity index (χ1v) is 19.2. The van der Waals surface area contributed by atoms with Crippen molar-refractivity contribution in [3.63, 3.8) is 0 Å². The normalized spacial score (nSPS) is 13.0. The van der Waals surface area contributed by atoms with Crippen molar-refractivity contribution in [2.24, 2.45) is 0 Å². The van der Waals surface area contributed by atoms with E-state index in [0.717, 1.165) is 49.7 Å². The lowest BCUT2D eigenvalue weighted by atomic mass is 9.82. The number of nitrogens with zero attached hydrogens (tertiary/aromatic N) is 4. The zero-order chi connectivity index (χ0) is 37.4. The molecule has 1 aliphatic carbocycles. The molecule has 2 heterocycles. The van der Waals surface area contributed by atoms with E-state index in [0.29, 0.717) is 17.5 Å². The average Bonchev–Trinajstić information content (AvgIpc) is 3.72. The Balaban J connectivity index is 1.11. The van der Waals surface area contributed by atoms with Crippen LogP contribution in [0.5, 0.6) is 0 Å². The van der Waals surface area contributed by atoms with Gasteiger partial charge >= 0.3 is 0 Å². The van der Waals surface area contributed by atoms with Crippen molar-refractivity contribution in [1.82, 2.24) is 19.5 Å². The lowest BCUT2D eigenvalue weighted by Crippen LogP contribution is -2.15. The van der Waals surface area contributed by atoms with E-state index in [4.69, 9.17) is 15.0 Å². The molecular formula is C52H36N4. The molecule has 0 saturated heterocycles. The molecule has 264 valence electrons. The molecule has 4 nitrogen and oxygen atoms in total. The summed E-state index contributed by atoms with van der Waals surface area (Å²) in [4.78, 5) is 15.8. The Kier molecular flexibility index (Phi) is 7.17. The minimum absolute atomic E-state index is 0.149. The maximum absolute atomic E-state index is 5.32. The Bertz CT molecular complexity index is 3160. The molecule has 0 saturated carbocycles. The van der Waals surface area contributed by atoms with Crippen LogP contribution in [-0.2, 0) is 5.41 Å². The highest BCUT2D eigenvalue weighted by Crippen LogP contribution is 2.49. The fourth-order valence-electron chi connectivity index (χ4n) is 8.84. The van der Waals surface area contributed by atoms with Crippen molar-refractivity contribution in [3.8, 4) is 62.1 Å². The smallest absolute Gasteiger partial charge is 0.164 e. The minimum atomic E-state index is -0.149. The van der Waals surface area contributed by atoms with Gasteiger partial charge in [-0.15, -0.1) is 0 Å². The monoisotopic (exact) mass is 716 g/mol. The summed E-state index contributed by atoms with van der Waals surface area (Å²) in [6.45, 7) is 4.62. The van der Waals surface area contributed by atoms with E-state index < -0.39 is 0 Å². The van der Waals surface area contributed by atoms with Crippen LogP contribution in [0.4, 0.5) is 0 Å². The van der Waals surface area contributed by atoms with Crippen LogP contribution in [0.15, 0.2) is 182 Å². The van der Waals surface area contributed by atoms with Crippen molar-refractivity contribution >= 4 is 32.6 Å². The molecule has 0 spiro atoms. The lowest BCUT2D eigenvalue weighted by Gasteiger charge is -2.21. The van der Waals surface area contributed by atoms with E-state index in [1.165, 1.54) is 38.6 Å². The molecule has 2 aromatic heterocycles. The summed E-state index contributed by atoms with van der Waals surface area (Å²) in [7, 11) is 0. The number of hydrogen-bond acceptors (Lipinski definition) is 3. The Labute approximate surface area is 325 Å². The maximum Gasteiger partial charge on any atom is 0.164 e. The van der Waals surface area contributed by atoms with Gasteiger partial charge < -0.3 is 4.57 Å². The Morgan fingerprint density at radius 1 is 0.393 bits per heavy atom. The van der Waals surface area contributed by atoms with Crippen molar-refractivity contribution in [2.45, 2.75) is 19.3 Å². The molecule has 0 amide bonds. The average molecular weight is 717 g/mol. The predicted molar refractivity (Wildman–Crippen MR) is 231 cm³/mol. The number of para-hydroxylation sites is 2. The summed E-state index contributed by atoms with van der Waals surface area (Å²) in [5.41, 5.74) is 13.6. The van der Waals surface area contributed by atoms with E-state index in [-0.39, 0.29) is 5.41 Å². The summed E-state index contributed by atoms with van der Waals surface area (Å²) < 4.78 is 2.34. The number of benzene rings is 8. The van der Waals surface area contributed by atoms with Crippen LogP contribution in [0.3, 0.4) is 0 Å². The van der Waals surface area contributed by atoms with Gasteiger partial charge in [0.1, 0.15) is 0 Å². The minimum Gasteiger partial charge on any atom is -0.309 e. The van der Waals surface area contributed by atoms with Crippen molar-refractivity contribution in [3.05, 3.63) is 193 Å². The molecule has 0 atom stereocenters. The topological polar surface area (TPSA) is 43.6 Å². The van der Waals surface area contributed by atoms with E-state index in [9.17, 15) is 0 Å². The van der Waals surface area contributed by atoms with Gasteiger partial charge in [0.15, 0.2) is 17.5 Å². The van der Waals surface area contributed by atoms with Gasteiger partial charge in [-0.05, 0) is 80.6 Å². The summed E-state index contributed by atoms with van der Waals surface area (Å²) in [6.07, 6.45) is 0. The highest BCUT2D eigenvalue weighted by atomic mass is 15.0. The third-order valence-electron chi connectivity index (χ3n) is 11.7. The van der Waals surface area contributed by atoms with E-state index in [1.807, 2.05) is 0 Å². The summed E-state index contributed by atoms with van der Waals surface area (Å²) in [5, 5.41) is 4.73. The molecule has 8 aromatic carbocycles. The molecule has 1 aliphatic rings. The molecular weight excluding hydrogens is 681 g/mol. The van der Waals surface area contributed by atoms with E-state index >= 15 is 0 Å². The van der Waals surface area contributed by atoms with Crippen LogP contribution < -0.4 is 0 Å². The van der Waals surface area contributed by atoms with Gasteiger partial charge in [0.05, 0.1) is 11.0 Å². The van der Waals surface area contributed by atoms with Crippen LogP contribution in [0.1, 0.15) is 25.0 Å². The zero-order valence-electron chi connectivity index (χ0n) is 31.1. The molecule has 11 rings (SSSR count). The fourth-order valence-corrected chi connectivity index (χ4v) is 8.84. The number of fused-ring (bicyclic) bond motifs is 7. The van der Waals surface area contributed by atoms with Gasteiger partial charge in [0, 0.05) is 38.6 Å². The largest absolute Gasteiger partial charge is 0.309 e.